The van der Waals surface area contributed by atoms with Gasteiger partial charge < -0.3 is 9.64 Å². The lowest BCUT2D eigenvalue weighted by atomic mass is 10.1. The van der Waals surface area contributed by atoms with Gasteiger partial charge in [-0.3, -0.25) is 9.59 Å². The first-order valence-electron chi connectivity index (χ1n) is 7.26. The van der Waals surface area contributed by atoms with E-state index in [9.17, 15) is 9.59 Å². The highest BCUT2D eigenvalue weighted by Crippen LogP contribution is 2.32. The van der Waals surface area contributed by atoms with Crippen molar-refractivity contribution in [2.75, 3.05) is 18.1 Å². The molecule has 0 N–H and O–H groups in total. The van der Waals surface area contributed by atoms with Crippen LogP contribution in [0.2, 0.25) is 0 Å². The van der Waals surface area contributed by atoms with Crippen LogP contribution in [0.5, 0.6) is 0 Å². The molecular weight excluding hydrogens is 254 g/mol. The summed E-state index contributed by atoms with van der Waals surface area (Å²) in [6, 6.07) is 5.51. The number of hydrogen-bond donors (Lipinski definition) is 0. The Morgan fingerprint density at radius 3 is 2.95 bits per heavy atom. The van der Waals surface area contributed by atoms with Crippen molar-refractivity contribution >= 4 is 17.4 Å². The predicted molar refractivity (Wildman–Crippen MR) is 76.1 cm³/mol. The molecular formula is C16H19NO3. The fourth-order valence-corrected chi connectivity index (χ4v) is 3.10. The summed E-state index contributed by atoms with van der Waals surface area (Å²) in [6.45, 7) is 3.40. The highest BCUT2D eigenvalue weighted by Gasteiger charge is 2.36. The van der Waals surface area contributed by atoms with Crippen molar-refractivity contribution in [3.8, 4) is 0 Å². The molecule has 0 saturated carbocycles. The van der Waals surface area contributed by atoms with E-state index in [0.29, 0.717) is 18.2 Å². The molecule has 2 aliphatic heterocycles. The van der Waals surface area contributed by atoms with Crippen LogP contribution in [0.1, 0.15) is 41.6 Å². The number of hydrogen-bond acceptors (Lipinski definition) is 3. The molecule has 1 saturated heterocycles. The monoisotopic (exact) mass is 273 g/mol. The van der Waals surface area contributed by atoms with Gasteiger partial charge in [-0.15, -0.1) is 0 Å². The molecule has 2 heterocycles. The van der Waals surface area contributed by atoms with Gasteiger partial charge in [0, 0.05) is 13.2 Å². The zero-order valence-electron chi connectivity index (χ0n) is 11.7. The number of carbonyl (C=O) groups is 2. The van der Waals surface area contributed by atoms with E-state index in [1.165, 1.54) is 0 Å². The maximum atomic E-state index is 12.1. The minimum Gasteiger partial charge on any atom is -0.378 e. The second-order valence-electron chi connectivity index (χ2n) is 5.53. The number of aryl methyl sites for hydroxylation is 1. The Morgan fingerprint density at radius 1 is 1.35 bits per heavy atom. The second-order valence-corrected chi connectivity index (χ2v) is 5.53. The zero-order valence-corrected chi connectivity index (χ0v) is 11.7. The summed E-state index contributed by atoms with van der Waals surface area (Å²) in [5.41, 5.74) is 2.33. The van der Waals surface area contributed by atoms with E-state index in [-0.39, 0.29) is 11.7 Å². The Morgan fingerprint density at radius 2 is 2.20 bits per heavy atom. The van der Waals surface area contributed by atoms with Gasteiger partial charge in [0.15, 0.2) is 0 Å². The highest BCUT2D eigenvalue weighted by molar-refractivity contribution is 6.52. The number of carbonyl (C=O) groups excluding carboxylic acids is 2. The maximum absolute atomic E-state index is 12.1. The van der Waals surface area contributed by atoms with E-state index in [1.807, 2.05) is 19.1 Å². The van der Waals surface area contributed by atoms with Gasteiger partial charge >= 0.3 is 0 Å². The van der Waals surface area contributed by atoms with Crippen LogP contribution in [0.4, 0.5) is 5.69 Å². The summed E-state index contributed by atoms with van der Waals surface area (Å²) in [7, 11) is 0. The van der Waals surface area contributed by atoms with Crippen molar-refractivity contribution in [2.24, 2.45) is 0 Å². The smallest absolute Gasteiger partial charge is 0.299 e. The lowest BCUT2D eigenvalue weighted by Gasteiger charge is -2.19. The predicted octanol–water partition coefficient (Wildman–Crippen LogP) is 2.48. The summed E-state index contributed by atoms with van der Waals surface area (Å²) in [5, 5.41) is 0. The number of rotatable bonds is 4. The van der Waals surface area contributed by atoms with E-state index >= 15 is 0 Å². The molecule has 106 valence electrons. The Bertz CT molecular complexity index is 547. The van der Waals surface area contributed by atoms with Crippen LogP contribution in [0.25, 0.3) is 0 Å². The quantitative estimate of drug-likeness (QED) is 0.792. The largest absolute Gasteiger partial charge is 0.378 e. The first-order chi connectivity index (χ1) is 9.68. The number of Topliss-reactive ketones (excluding diaryl/α,β-unsaturated/α-hetero) is 1. The van der Waals surface area contributed by atoms with E-state index in [2.05, 4.69) is 0 Å². The minimum absolute atomic E-state index is 0.333. The zero-order chi connectivity index (χ0) is 14.1. The normalized spacial score (nSPS) is 21.6. The van der Waals surface area contributed by atoms with E-state index < -0.39 is 0 Å². The molecule has 0 aliphatic carbocycles. The molecule has 0 spiro atoms. The Kier molecular flexibility index (Phi) is 3.57. The van der Waals surface area contributed by atoms with E-state index in [0.717, 1.165) is 43.5 Å². The van der Waals surface area contributed by atoms with Gasteiger partial charge in [0.2, 0.25) is 0 Å². The Hall–Kier alpha value is -1.68. The molecule has 1 aromatic rings. The van der Waals surface area contributed by atoms with Gasteiger partial charge in [0.1, 0.15) is 0 Å². The van der Waals surface area contributed by atoms with Crippen molar-refractivity contribution in [1.82, 2.24) is 0 Å². The topological polar surface area (TPSA) is 46.6 Å². The van der Waals surface area contributed by atoms with Crippen molar-refractivity contribution in [3.63, 3.8) is 0 Å². The third kappa shape index (κ3) is 2.24. The number of benzene rings is 1. The average Bonchev–Trinajstić information content (AvgIpc) is 3.03. The summed E-state index contributed by atoms with van der Waals surface area (Å²) in [6.07, 6.45) is 4.41. The Balaban J connectivity index is 1.70. The number of anilines is 1. The first-order valence-corrected chi connectivity index (χ1v) is 7.26. The molecule has 0 bridgehead atoms. The van der Waals surface area contributed by atoms with Gasteiger partial charge in [0.05, 0.1) is 17.4 Å². The number of fused-ring (bicyclic) bond motifs is 1. The fourth-order valence-electron chi connectivity index (χ4n) is 3.10. The van der Waals surface area contributed by atoms with Gasteiger partial charge in [-0.05, 0) is 44.2 Å². The molecule has 1 unspecified atom stereocenters. The molecule has 0 aromatic heterocycles. The molecule has 1 fully saturated rings. The highest BCUT2D eigenvalue weighted by atomic mass is 16.5. The minimum atomic E-state index is -0.387. The standard InChI is InChI=1S/C16H19NO3/c1-11-5-2-8-13-14(11)17(16(19)15(13)18)9-3-6-12-7-4-10-20-12/h2,5,8,12H,3-4,6-7,9-10H2,1H3. The molecule has 20 heavy (non-hydrogen) atoms. The number of ether oxygens (including phenoxy) is 1. The maximum Gasteiger partial charge on any atom is 0.299 e. The van der Waals surface area contributed by atoms with Crippen molar-refractivity contribution in [3.05, 3.63) is 29.3 Å². The van der Waals surface area contributed by atoms with Gasteiger partial charge in [-0.2, -0.15) is 0 Å². The van der Waals surface area contributed by atoms with Crippen LogP contribution in [-0.4, -0.2) is 30.9 Å². The number of amides is 1. The van der Waals surface area contributed by atoms with Crippen molar-refractivity contribution in [2.45, 2.75) is 38.7 Å². The van der Waals surface area contributed by atoms with Crippen molar-refractivity contribution in [1.29, 1.82) is 0 Å². The molecule has 4 heteroatoms. The van der Waals surface area contributed by atoms with Crippen molar-refractivity contribution < 1.29 is 14.3 Å². The second kappa shape index (κ2) is 5.37. The number of ketones is 1. The number of nitrogens with zero attached hydrogens (tertiary/aromatic N) is 1. The summed E-state index contributed by atoms with van der Waals surface area (Å²) < 4.78 is 5.59. The molecule has 0 radical (unpaired) electrons. The molecule has 1 atom stereocenters. The molecule has 4 nitrogen and oxygen atoms in total. The van der Waals surface area contributed by atoms with Crippen LogP contribution in [0, 0.1) is 6.92 Å². The summed E-state index contributed by atoms with van der Waals surface area (Å²) in [4.78, 5) is 25.7. The van der Waals surface area contributed by atoms with Crippen LogP contribution >= 0.6 is 0 Å². The van der Waals surface area contributed by atoms with Gasteiger partial charge in [-0.25, -0.2) is 0 Å². The third-order valence-electron chi connectivity index (χ3n) is 4.12. The summed E-state index contributed by atoms with van der Waals surface area (Å²) >= 11 is 0. The van der Waals surface area contributed by atoms with Gasteiger partial charge in [0.25, 0.3) is 11.7 Å². The molecule has 1 aromatic carbocycles. The third-order valence-corrected chi connectivity index (χ3v) is 4.12. The fraction of sp³-hybridized carbons (Fsp3) is 0.500. The molecule has 2 aliphatic rings. The first kappa shape index (κ1) is 13.3. The SMILES string of the molecule is Cc1cccc2c1N(CCCC1CCCO1)C(=O)C2=O. The van der Waals surface area contributed by atoms with E-state index in [1.54, 1.807) is 11.0 Å². The van der Waals surface area contributed by atoms with Crippen LogP contribution in [0.3, 0.4) is 0 Å². The van der Waals surface area contributed by atoms with Gasteiger partial charge in [-0.1, -0.05) is 12.1 Å². The van der Waals surface area contributed by atoms with E-state index in [4.69, 9.17) is 4.74 Å². The van der Waals surface area contributed by atoms with Crippen LogP contribution < -0.4 is 4.90 Å². The molecule has 3 rings (SSSR count). The van der Waals surface area contributed by atoms with Crippen LogP contribution in [-0.2, 0) is 9.53 Å². The number of para-hydroxylation sites is 1. The lowest BCUT2D eigenvalue weighted by molar-refractivity contribution is -0.114. The Labute approximate surface area is 118 Å². The molecule has 1 amide bonds. The van der Waals surface area contributed by atoms with Crippen LogP contribution in [0.15, 0.2) is 18.2 Å². The average molecular weight is 273 g/mol. The lowest BCUT2D eigenvalue weighted by Crippen LogP contribution is -2.31. The summed E-state index contributed by atoms with van der Waals surface area (Å²) in [5.74, 6) is -0.762.